The lowest BCUT2D eigenvalue weighted by molar-refractivity contribution is 0.628. The third-order valence-corrected chi connectivity index (χ3v) is 4.67. The van der Waals surface area contributed by atoms with Crippen LogP contribution in [0.1, 0.15) is 5.01 Å². The summed E-state index contributed by atoms with van der Waals surface area (Å²) in [6.45, 7) is 0. The van der Waals surface area contributed by atoms with Gasteiger partial charge in [0, 0.05) is 21.6 Å². The second-order valence-electron chi connectivity index (χ2n) is 4.98. The second kappa shape index (κ2) is 7.55. The molecule has 1 N–H and O–H groups in total. The van der Waals surface area contributed by atoms with Gasteiger partial charge in [-0.2, -0.15) is 5.26 Å². The lowest BCUT2D eigenvalue weighted by atomic mass is 10.2. The number of halogens is 3. The van der Waals surface area contributed by atoms with Crippen molar-refractivity contribution in [1.29, 1.82) is 5.26 Å². The quantitative estimate of drug-likeness (QED) is 0.543. The van der Waals surface area contributed by atoms with Crippen molar-refractivity contribution in [3.8, 4) is 17.3 Å². The molecule has 0 aliphatic carbocycles. The Labute approximate surface area is 155 Å². The molecule has 3 nitrogen and oxygen atoms in total. The first-order chi connectivity index (χ1) is 12.1. The van der Waals surface area contributed by atoms with E-state index in [0.717, 1.165) is 5.56 Å². The molecule has 0 saturated carbocycles. The highest BCUT2D eigenvalue weighted by Crippen LogP contribution is 2.27. The Morgan fingerprint density at radius 1 is 1.20 bits per heavy atom. The number of hydrogen-bond donors (Lipinski definition) is 1. The van der Waals surface area contributed by atoms with E-state index in [1.165, 1.54) is 35.7 Å². The number of nitriles is 1. The third kappa shape index (κ3) is 4.10. The predicted molar refractivity (Wildman–Crippen MR) is 98.8 cm³/mol. The molecule has 0 radical (unpaired) electrons. The van der Waals surface area contributed by atoms with Crippen molar-refractivity contribution in [2.45, 2.75) is 0 Å². The van der Waals surface area contributed by atoms with Crippen molar-refractivity contribution in [1.82, 2.24) is 4.98 Å². The van der Waals surface area contributed by atoms with Gasteiger partial charge in [0.25, 0.3) is 0 Å². The summed E-state index contributed by atoms with van der Waals surface area (Å²) in [4.78, 5) is 4.39. The Hall–Kier alpha value is -2.56. The van der Waals surface area contributed by atoms with Gasteiger partial charge >= 0.3 is 0 Å². The van der Waals surface area contributed by atoms with Gasteiger partial charge < -0.3 is 5.32 Å². The molecule has 2 aromatic carbocycles. The Morgan fingerprint density at radius 3 is 2.64 bits per heavy atom. The summed E-state index contributed by atoms with van der Waals surface area (Å²) in [7, 11) is 0. The van der Waals surface area contributed by atoms with Gasteiger partial charge in [-0.25, -0.2) is 13.8 Å². The molecule has 124 valence electrons. The smallest absolute Gasteiger partial charge is 0.147 e. The van der Waals surface area contributed by atoms with Crippen LogP contribution in [-0.2, 0) is 0 Å². The highest BCUT2D eigenvalue weighted by Gasteiger charge is 2.10. The van der Waals surface area contributed by atoms with Crippen molar-refractivity contribution in [2.24, 2.45) is 0 Å². The number of nitrogens with zero attached hydrogens (tertiary/aromatic N) is 2. The Kier molecular flexibility index (Phi) is 5.22. The zero-order valence-electron chi connectivity index (χ0n) is 12.6. The molecule has 0 saturated heterocycles. The number of allylic oxidation sites excluding steroid dienone is 1. The summed E-state index contributed by atoms with van der Waals surface area (Å²) in [6, 6.07) is 12.6. The van der Waals surface area contributed by atoms with Crippen LogP contribution in [0.5, 0.6) is 0 Å². The Balaban J connectivity index is 1.84. The standard InChI is InChI=1S/C18H10BrF2N3S/c19-13-3-6-16(15(21)7-13)23-9-12(8-22)18-24-17(10-25-18)11-1-4-14(20)5-2-11/h1-7,9-10,23H. The number of anilines is 1. The van der Waals surface area contributed by atoms with E-state index in [2.05, 4.69) is 26.2 Å². The minimum atomic E-state index is -0.436. The average molecular weight is 418 g/mol. The van der Waals surface area contributed by atoms with E-state index < -0.39 is 5.82 Å². The number of hydrogen-bond acceptors (Lipinski definition) is 4. The van der Waals surface area contributed by atoms with Crippen LogP contribution in [0.25, 0.3) is 16.8 Å². The molecule has 0 unspecified atom stereocenters. The van der Waals surface area contributed by atoms with Gasteiger partial charge in [-0.15, -0.1) is 11.3 Å². The molecule has 0 fully saturated rings. The molecule has 3 aromatic rings. The number of rotatable bonds is 4. The maximum atomic E-state index is 13.8. The molecular weight excluding hydrogens is 408 g/mol. The zero-order valence-corrected chi connectivity index (χ0v) is 15.0. The number of thiazole rings is 1. The molecule has 0 bridgehead atoms. The van der Waals surface area contributed by atoms with Gasteiger partial charge in [0.2, 0.25) is 0 Å². The first-order valence-electron chi connectivity index (χ1n) is 7.10. The van der Waals surface area contributed by atoms with Crippen molar-refractivity contribution in [3.63, 3.8) is 0 Å². The molecule has 3 rings (SSSR count). The van der Waals surface area contributed by atoms with E-state index in [1.54, 1.807) is 29.6 Å². The molecule has 25 heavy (non-hydrogen) atoms. The van der Waals surface area contributed by atoms with Crippen LogP contribution in [0, 0.1) is 23.0 Å². The van der Waals surface area contributed by atoms with Gasteiger partial charge in [0.15, 0.2) is 0 Å². The van der Waals surface area contributed by atoms with Gasteiger partial charge in [-0.05, 0) is 42.5 Å². The highest BCUT2D eigenvalue weighted by atomic mass is 79.9. The van der Waals surface area contributed by atoms with E-state index in [0.29, 0.717) is 15.2 Å². The first kappa shape index (κ1) is 17.3. The molecular formula is C18H10BrF2N3S. The van der Waals surface area contributed by atoms with E-state index in [1.807, 2.05) is 6.07 Å². The van der Waals surface area contributed by atoms with Crippen LogP contribution in [0.3, 0.4) is 0 Å². The van der Waals surface area contributed by atoms with Crippen LogP contribution in [0.15, 0.2) is 58.5 Å². The normalized spacial score (nSPS) is 11.2. The maximum absolute atomic E-state index is 13.8. The third-order valence-electron chi connectivity index (χ3n) is 3.30. The monoisotopic (exact) mass is 417 g/mol. The summed E-state index contributed by atoms with van der Waals surface area (Å²) in [5.74, 6) is -0.758. The van der Waals surface area contributed by atoms with Crippen LogP contribution < -0.4 is 5.32 Å². The van der Waals surface area contributed by atoms with Gasteiger partial charge in [-0.3, -0.25) is 0 Å². The Morgan fingerprint density at radius 2 is 1.96 bits per heavy atom. The van der Waals surface area contributed by atoms with Gasteiger partial charge in [0.05, 0.1) is 11.4 Å². The van der Waals surface area contributed by atoms with Gasteiger partial charge in [0.1, 0.15) is 28.3 Å². The molecule has 0 atom stereocenters. The SMILES string of the molecule is N#CC(=CNc1ccc(Br)cc1F)c1nc(-c2ccc(F)cc2)cs1. The van der Waals surface area contributed by atoms with Crippen molar-refractivity contribution in [3.05, 3.63) is 75.2 Å². The fourth-order valence-electron chi connectivity index (χ4n) is 2.05. The van der Waals surface area contributed by atoms with E-state index in [4.69, 9.17) is 0 Å². The summed E-state index contributed by atoms with van der Waals surface area (Å²) in [5.41, 5.74) is 1.94. The van der Waals surface area contributed by atoms with E-state index in [9.17, 15) is 14.0 Å². The maximum Gasteiger partial charge on any atom is 0.147 e. The molecule has 1 aromatic heterocycles. The van der Waals surface area contributed by atoms with Crippen LogP contribution in [0.2, 0.25) is 0 Å². The average Bonchev–Trinajstić information content (AvgIpc) is 3.07. The summed E-state index contributed by atoms with van der Waals surface area (Å²) < 4.78 is 27.4. The molecule has 0 amide bonds. The van der Waals surface area contributed by atoms with Crippen molar-refractivity contribution >= 4 is 38.5 Å². The fraction of sp³-hybridized carbons (Fsp3) is 0. The van der Waals surface area contributed by atoms with Crippen molar-refractivity contribution < 1.29 is 8.78 Å². The molecule has 1 heterocycles. The fourth-order valence-corrected chi connectivity index (χ4v) is 3.18. The second-order valence-corrected chi connectivity index (χ2v) is 6.76. The minimum absolute atomic E-state index is 0.256. The predicted octanol–water partition coefficient (Wildman–Crippen LogP) is 5.83. The summed E-state index contributed by atoms with van der Waals surface area (Å²) >= 11 is 4.47. The van der Waals surface area contributed by atoms with Gasteiger partial charge in [-0.1, -0.05) is 15.9 Å². The zero-order chi connectivity index (χ0) is 17.8. The summed E-state index contributed by atoms with van der Waals surface area (Å²) in [5, 5.41) is 14.4. The van der Waals surface area contributed by atoms with Crippen LogP contribution >= 0.6 is 27.3 Å². The number of nitrogens with one attached hydrogen (secondary N) is 1. The molecule has 7 heteroatoms. The van der Waals surface area contributed by atoms with Crippen LogP contribution in [-0.4, -0.2) is 4.98 Å². The van der Waals surface area contributed by atoms with Crippen molar-refractivity contribution in [2.75, 3.05) is 5.32 Å². The van der Waals surface area contributed by atoms with Crippen LogP contribution in [0.4, 0.5) is 14.5 Å². The molecule has 0 spiro atoms. The Bertz CT molecular complexity index is 975. The lowest BCUT2D eigenvalue weighted by Gasteiger charge is -2.03. The number of aromatic nitrogens is 1. The van der Waals surface area contributed by atoms with E-state index in [-0.39, 0.29) is 17.1 Å². The number of benzene rings is 2. The van der Waals surface area contributed by atoms with E-state index >= 15 is 0 Å². The topological polar surface area (TPSA) is 48.7 Å². The summed E-state index contributed by atoms with van der Waals surface area (Å²) in [6.07, 6.45) is 1.42. The highest BCUT2D eigenvalue weighted by molar-refractivity contribution is 9.10. The largest absolute Gasteiger partial charge is 0.358 e. The first-order valence-corrected chi connectivity index (χ1v) is 8.78. The molecule has 0 aliphatic heterocycles. The lowest BCUT2D eigenvalue weighted by Crippen LogP contribution is -1.94. The minimum Gasteiger partial charge on any atom is -0.358 e. The molecule has 0 aliphatic rings.